The van der Waals surface area contributed by atoms with Crippen molar-refractivity contribution in [3.05, 3.63) is 42.2 Å². The topological polar surface area (TPSA) is 90.0 Å². The number of aromatic nitrogens is 1. The Labute approximate surface area is 163 Å². The van der Waals surface area contributed by atoms with Gasteiger partial charge in [-0.25, -0.2) is 0 Å². The zero-order valence-electron chi connectivity index (χ0n) is 16.1. The summed E-state index contributed by atoms with van der Waals surface area (Å²) >= 11 is 0. The minimum atomic E-state index is -0.435. The van der Waals surface area contributed by atoms with Crippen LogP contribution in [0.4, 0.5) is 5.69 Å². The van der Waals surface area contributed by atoms with Crippen LogP contribution in [0.1, 0.15) is 12.1 Å². The second-order valence-corrected chi connectivity index (χ2v) is 6.33. The molecule has 1 N–H and O–H groups in total. The molecular weight excluding hydrogens is 362 g/mol. The van der Waals surface area contributed by atoms with Crippen molar-refractivity contribution >= 4 is 17.5 Å². The van der Waals surface area contributed by atoms with E-state index in [1.165, 1.54) is 21.3 Å². The van der Waals surface area contributed by atoms with Gasteiger partial charge in [-0.15, -0.1) is 0 Å². The predicted molar refractivity (Wildman–Crippen MR) is 103 cm³/mol. The van der Waals surface area contributed by atoms with Crippen LogP contribution in [0.5, 0.6) is 17.2 Å². The number of pyridine rings is 1. The molecule has 1 aliphatic rings. The van der Waals surface area contributed by atoms with Crippen LogP contribution < -0.4 is 24.4 Å². The summed E-state index contributed by atoms with van der Waals surface area (Å²) < 4.78 is 16.0. The Morgan fingerprint density at radius 1 is 1.18 bits per heavy atom. The highest BCUT2D eigenvalue weighted by atomic mass is 16.5. The van der Waals surface area contributed by atoms with Crippen molar-refractivity contribution < 1.29 is 23.8 Å². The van der Waals surface area contributed by atoms with Crippen molar-refractivity contribution in [3.63, 3.8) is 0 Å². The smallest absolute Gasteiger partial charge is 0.227 e. The fraction of sp³-hybridized carbons (Fsp3) is 0.350. The Morgan fingerprint density at radius 3 is 2.46 bits per heavy atom. The zero-order valence-corrected chi connectivity index (χ0v) is 16.1. The molecule has 1 saturated heterocycles. The highest BCUT2D eigenvalue weighted by Gasteiger charge is 2.35. The summed E-state index contributed by atoms with van der Waals surface area (Å²) in [6.07, 6.45) is 1.82. The van der Waals surface area contributed by atoms with Crippen molar-refractivity contribution in [2.24, 2.45) is 5.92 Å². The third-order valence-electron chi connectivity index (χ3n) is 4.63. The van der Waals surface area contributed by atoms with E-state index in [0.29, 0.717) is 29.5 Å². The minimum absolute atomic E-state index is 0.132. The number of methoxy groups -OCH3 is 3. The first-order chi connectivity index (χ1) is 13.6. The van der Waals surface area contributed by atoms with Crippen LogP contribution in [0.25, 0.3) is 0 Å². The van der Waals surface area contributed by atoms with Gasteiger partial charge in [0.25, 0.3) is 0 Å². The first kappa shape index (κ1) is 19.5. The number of nitrogens with one attached hydrogen (secondary N) is 1. The van der Waals surface area contributed by atoms with Crippen molar-refractivity contribution in [1.29, 1.82) is 0 Å². The van der Waals surface area contributed by atoms with E-state index >= 15 is 0 Å². The summed E-state index contributed by atoms with van der Waals surface area (Å²) in [7, 11) is 4.55. The molecular formula is C20H23N3O5. The van der Waals surface area contributed by atoms with E-state index in [2.05, 4.69) is 10.3 Å². The van der Waals surface area contributed by atoms with Crippen LogP contribution in [0.2, 0.25) is 0 Å². The molecule has 2 heterocycles. The molecule has 0 spiro atoms. The van der Waals surface area contributed by atoms with E-state index in [4.69, 9.17) is 14.2 Å². The Balaban J connectivity index is 1.73. The van der Waals surface area contributed by atoms with Gasteiger partial charge < -0.3 is 24.4 Å². The number of amides is 2. The monoisotopic (exact) mass is 385 g/mol. The van der Waals surface area contributed by atoms with Gasteiger partial charge >= 0.3 is 0 Å². The third kappa shape index (κ3) is 4.00. The number of ether oxygens (including phenoxy) is 3. The molecule has 8 nitrogen and oxygen atoms in total. The standard InChI is InChI=1S/C20H23N3O5/c1-26-16-9-15(10-17(27-2)19(16)28-3)23-12-13(8-18(23)24)20(25)22-11-14-6-4-5-7-21-14/h4-7,9-10,13H,8,11-12H2,1-3H3,(H,22,25). The molecule has 0 aliphatic carbocycles. The molecule has 1 aliphatic heterocycles. The molecule has 28 heavy (non-hydrogen) atoms. The van der Waals surface area contributed by atoms with Crippen LogP contribution in [0, 0.1) is 5.92 Å². The molecule has 3 rings (SSSR count). The van der Waals surface area contributed by atoms with E-state index in [1.807, 2.05) is 18.2 Å². The van der Waals surface area contributed by atoms with Gasteiger partial charge in [0, 0.05) is 31.3 Å². The largest absolute Gasteiger partial charge is 0.493 e. The van der Waals surface area contributed by atoms with Crippen LogP contribution in [0.15, 0.2) is 36.5 Å². The Kier molecular flexibility index (Phi) is 5.98. The van der Waals surface area contributed by atoms with Gasteiger partial charge in [0.05, 0.1) is 45.2 Å². The lowest BCUT2D eigenvalue weighted by molar-refractivity contribution is -0.126. The van der Waals surface area contributed by atoms with Crippen molar-refractivity contribution in [2.75, 3.05) is 32.8 Å². The SMILES string of the molecule is COc1cc(N2CC(C(=O)NCc3ccccn3)CC2=O)cc(OC)c1OC. The van der Waals surface area contributed by atoms with Crippen LogP contribution in [-0.2, 0) is 16.1 Å². The molecule has 1 aromatic carbocycles. The number of rotatable bonds is 7. The Hall–Kier alpha value is -3.29. The molecule has 1 fully saturated rings. The predicted octanol–water partition coefficient (Wildman–Crippen LogP) is 1.78. The first-order valence-corrected chi connectivity index (χ1v) is 8.85. The molecule has 2 amide bonds. The Bertz CT molecular complexity index is 831. The Morgan fingerprint density at radius 2 is 1.89 bits per heavy atom. The van der Waals surface area contributed by atoms with Gasteiger partial charge in [-0.3, -0.25) is 14.6 Å². The normalized spacial score (nSPS) is 16.0. The molecule has 0 saturated carbocycles. The average molecular weight is 385 g/mol. The average Bonchev–Trinajstić information content (AvgIpc) is 3.13. The molecule has 0 radical (unpaired) electrons. The van der Waals surface area contributed by atoms with Gasteiger partial charge in [0.15, 0.2) is 11.5 Å². The summed E-state index contributed by atoms with van der Waals surface area (Å²) in [5.41, 5.74) is 1.36. The molecule has 2 aromatic rings. The molecule has 0 bridgehead atoms. The van der Waals surface area contributed by atoms with Gasteiger partial charge in [-0.2, -0.15) is 0 Å². The van der Waals surface area contributed by atoms with Crippen molar-refractivity contribution in [3.8, 4) is 17.2 Å². The van der Waals surface area contributed by atoms with E-state index in [9.17, 15) is 9.59 Å². The molecule has 1 atom stereocenters. The molecule has 8 heteroatoms. The minimum Gasteiger partial charge on any atom is -0.493 e. The van der Waals surface area contributed by atoms with E-state index in [0.717, 1.165) is 5.69 Å². The maximum absolute atomic E-state index is 12.5. The molecule has 1 aromatic heterocycles. The molecule has 148 valence electrons. The van der Waals surface area contributed by atoms with Gasteiger partial charge in [0.2, 0.25) is 17.6 Å². The van der Waals surface area contributed by atoms with Crippen molar-refractivity contribution in [1.82, 2.24) is 10.3 Å². The second-order valence-electron chi connectivity index (χ2n) is 6.33. The molecule has 1 unspecified atom stereocenters. The zero-order chi connectivity index (χ0) is 20.1. The maximum atomic E-state index is 12.5. The number of hydrogen-bond donors (Lipinski definition) is 1. The van der Waals surface area contributed by atoms with Crippen molar-refractivity contribution in [2.45, 2.75) is 13.0 Å². The lowest BCUT2D eigenvalue weighted by atomic mass is 10.1. The summed E-state index contributed by atoms with van der Waals surface area (Å²) in [5, 5.41) is 2.85. The van der Waals surface area contributed by atoms with Crippen LogP contribution in [0.3, 0.4) is 0 Å². The highest BCUT2D eigenvalue weighted by Crippen LogP contribution is 2.42. The van der Waals surface area contributed by atoms with Gasteiger partial charge in [-0.1, -0.05) is 6.07 Å². The van der Waals surface area contributed by atoms with Crippen LogP contribution in [-0.4, -0.2) is 44.7 Å². The summed E-state index contributed by atoms with van der Waals surface area (Å²) in [6, 6.07) is 8.92. The maximum Gasteiger partial charge on any atom is 0.227 e. The van der Waals surface area contributed by atoms with Gasteiger partial charge in [0.1, 0.15) is 0 Å². The summed E-state index contributed by atoms with van der Waals surface area (Å²) in [4.78, 5) is 30.8. The number of carbonyl (C=O) groups excluding carboxylic acids is 2. The van der Waals surface area contributed by atoms with Crippen LogP contribution >= 0.6 is 0 Å². The quantitative estimate of drug-likeness (QED) is 0.781. The number of hydrogen-bond acceptors (Lipinski definition) is 6. The van der Waals surface area contributed by atoms with Gasteiger partial charge in [-0.05, 0) is 12.1 Å². The summed E-state index contributed by atoms with van der Waals surface area (Å²) in [6.45, 7) is 0.611. The fourth-order valence-electron chi connectivity index (χ4n) is 3.18. The second kappa shape index (κ2) is 8.60. The van der Waals surface area contributed by atoms with E-state index in [1.54, 1.807) is 23.2 Å². The fourth-order valence-corrected chi connectivity index (χ4v) is 3.18. The lowest BCUT2D eigenvalue weighted by Gasteiger charge is -2.20. The number of nitrogens with zero attached hydrogens (tertiary/aromatic N) is 2. The lowest BCUT2D eigenvalue weighted by Crippen LogP contribution is -2.32. The third-order valence-corrected chi connectivity index (χ3v) is 4.63. The number of benzene rings is 1. The number of carbonyl (C=O) groups is 2. The number of anilines is 1. The summed E-state index contributed by atoms with van der Waals surface area (Å²) in [5.74, 6) is 0.613. The first-order valence-electron chi connectivity index (χ1n) is 8.85. The van der Waals surface area contributed by atoms with E-state index < -0.39 is 5.92 Å². The van der Waals surface area contributed by atoms with E-state index in [-0.39, 0.29) is 24.8 Å². The highest BCUT2D eigenvalue weighted by molar-refractivity contribution is 6.00.